The van der Waals surface area contributed by atoms with Crippen molar-refractivity contribution in [2.45, 2.75) is 84.7 Å². The molecule has 0 heterocycles. The highest BCUT2D eigenvalue weighted by atomic mass is 28.4. The van der Waals surface area contributed by atoms with Gasteiger partial charge in [0.1, 0.15) is 0 Å². The molecule has 0 saturated heterocycles. The number of hydrogen-bond donors (Lipinski definition) is 0. The van der Waals surface area contributed by atoms with Crippen LogP contribution >= 0.6 is 0 Å². The van der Waals surface area contributed by atoms with Gasteiger partial charge in [-0.15, -0.1) is 0 Å². The molecule has 0 saturated carbocycles. The summed E-state index contributed by atoms with van der Waals surface area (Å²) in [4.78, 5) is 14.6. The molecule has 0 spiro atoms. The summed E-state index contributed by atoms with van der Waals surface area (Å²) in [5.74, 6) is 0.00897. The van der Waals surface area contributed by atoms with Gasteiger partial charge >= 0.3 is 0 Å². The van der Waals surface area contributed by atoms with Crippen LogP contribution in [-0.2, 0) is 13.6 Å². The molecule has 0 aliphatic heterocycles. The smallest absolute Gasteiger partial charge is 0.293 e. The van der Waals surface area contributed by atoms with Crippen molar-refractivity contribution in [2.75, 3.05) is 26.2 Å². The van der Waals surface area contributed by atoms with Gasteiger partial charge in [-0.2, -0.15) is 0 Å². The third-order valence-corrected chi connectivity index (χ3v) is 12.3. The minimum Gasteiger partial charge on any atom is -0.519 e. The maximum Gasteiger partial charge on any atom is 0.293 e. The van der Waals surface area contributed by atoms with Gasteiger partial charge in [-0.25, -0.2) is 0 Å². The molecule has 0 bridgehead atoms. The Kier molecular flexibility index (Phi) is 12.1. The minimum absolute atomic E-state index is 0.00897. The lowest BCUT2D eigenvalue weighted by Crippen LogP contribution is -2.39. The topological polar surface area (TPSA) is 38.8 Å². The van der Waals surface area contributed by atoms with E-state index in [2.05, 4.69) is 52.6 Å². The molecule has 0 unspecified atom stereocenters. The van der Waals surface area contributed by atoms with Gasteiger partial charge < -0.3 is 13.8 Å². The Balaban J connectivity index is 4.23. The Hall–Kier alpha value is -0.176. The minimum atomic E-state index is -1.80. The summed E-state index contributed by atoms with van der Waals surface area (Å²) < 4.78 is 11.8. The Morgan fingerprint density at radius 2 is 1.54 bits per heavy atom. The monoisotopic (exact) mass is 375 g/mol. The lowest BCUT2D eigenvalue weighted by molar-refractivity contribution is -0.135. The average Bonchev–Trinajstić information content (AvgIpc) is 2.55. The van der Waals surface area contributed by atoms with Crippen LogP contribution in [0, 0.1) is 0 Å². The zero-order valence-corrected chi connectivity index (χ0v) is 19.2. The standard InChI is InChI=1S/C18H41NO3Si2/c1-8-19(15-13-17-23(6,7)21-9-2)16-14-18(20)22-24(10-3,11-4)12-5/h8-17H2,1-7H3. The van der Waals surface area contributed by atoms with Gasteiger partial charge in [0.05, 0.1) is 6.42 Å². The van der Waals surface area contributed by atoms with Crippen LogP contribution in [0.15, 0.2) is 0 Å². The van der Waals surface area contributed by atoms with Crippen molar-refractivity contribution in [1.82, 2.24) is 4.90 Å². The first-order valence-electron chi connectivity index (χ1n) is 9.86. The zero-order valence-electron chi connectivity index (χ0n) is 17.2. The molecule has 0 radical (unpaired) electrons. The van der Waals surface area contributed by atoms with Crippen LogP contribution in [0.1, 0.15) is 47.5 Å². The van der Waals surface area contributed by atoms with E-state index in [0.717, 1.165) is 50.8 Å². The third kappa shape index (κ3) is 9.34. The van der Waals surface area contributed by atoms with E-state index in [0.29, 0.717) is 6.42 Å². The van der Waals surface area contributed by atoms with E-state index in [-0.39, 0.29) is 5.97 Å². The molecule has 0 aromatic rings. The molecule has 4 nitrogen and oxygen atoms in total. The van der Waals surface area contributed by atoms with Crippen molar-refractivity contribution in [3.05, 3.63) is 0 Å². The van der Waals surface area contributed by atoms with Crippen LogP contribution in [0.3, 0.4) is 0 Å². The van der Waals surface area contributed by atoms with Crippen LogP contribution in [0.4, 0.5) is 0 Å². The Morgan fingerprint density at radius 3 is 2.00 bits per heavy atom. The molecule has 144 valence electrons. The van der Waals surface area contributed by atoms with E-state index >= 15 is 0 Å². The maximum atomic E-state index is 12.2. The first-order chi connectivity index (χ1) is 11.3. The molecule has 0 aliphatic carbocycles. The van der Waals surface area contributed by atoms with Crippen LogP contribution in [0.25, 0.3) is 0 Å². The highest BCUT2D eigenvalue weighted by Gasteiger charge is 2.32. The van der Waals surface area contributed by atoms with Gasteiger partial charge in [0, 0.05) is 13.2 Å². The van der Waals surface area contributed by atoms with Gasteiger partial charge in [-0.05, 0) is 63.7 Å². The highest BCUT2D eigenvalue weighted by Crippen LogP contribution is 2.22. The van der Waals surface area contributed by atoms with E-state index in [1.54, 1.807) is 0 Å². The van der Waals surface area contributed by atoms with E-state index in [1.807, 2.05) is 0 Å². The fourth-order valence-corrected chi connectivity index (χ4v) is 7.58. The van der Waals surface area contributed by atoms with E-state index in [4.69, 9.17) is 8.85 Å². The Morgan fingerprint density at radius 1 is 0.958 bits per heavy atom. The lowest BCUT2D eigenvalue weighted by atomic mass is 10.3. The van der Waals surface area contributed by atoms with Gasteiger partial charge in [0.25, 0.3) is 14.3 Å². The van der Waals surface area contributed by atoms with Crippen molar-refractivity contribution >= 4 is 22.6 Å². The van der Waals surface area contributed by atoms with Crippen molar-refractivity contribution in [1.29, 1.82) is 0 Å². The molecule has 0 atom stereocenters. The van der Waals surface area contributed by atoms with Crippen molar-refractivity contribution in [2.24, 2.45) is 0 Å². The predicted molar refractivity (Wildman–Crippen MR) is 109 cm³/mol. The normalized spacial score (nSPS) is 12.7. The zero-order chi connectivity index (χ0) is 18.6. The molecule has 0 aromatic heterocycles. The number of carbonyl (C=O) groups is 1. The molecule has 0 fully saturated rings. The summed E-state index contributed by atoms with van der Waals surface area (Å²) in [6, 6.07) is 4.26. The van der Waals surface area contributed by atoms with Crippen LogP contribution in [0.5, 0.6) is 0 Å². The molecule has 0 aliphatic rings. The fourth-order valence-electron chi connectivity index (χ4n) is 3.13. The number of nitrogens with zero attached hydrogens (tertiary/aromatic N) is 1. The second kappa shape index (κ2) is 12.2. The summed E-state index contributed by atoms with van der Waals surface area (Å²) in [5, 5.41) is 0. The molecular formula is C18H41NO3Si2. The van der Waals surface area contributed by atoms with E-state index in [1.165, 1.54) is 6.04 Å². The highest BCUT2D eigenvalue weighted by molar-refractivity contribution is 6.74. The summed E-state index contributed by atoms with van der Waals surface area (Å²) in [6.45, 7) is 19.0. The fraction of sp³-hybridized carbons (Fsp3) is 0.944. The summed E-state index contributed by atoms with van der Waals surface area (Å²) in [5.41, 5.74) is 0. The molecule has 0 aromatic carbocycles. The van der Waals surface area contributed by atoms with Crippen LogP contribution in [0.2, 0.25) is 37.3 Å². The molecule has 0 rings (SSSR count). The summed E-state index contributed by atoms with van der Waals surface area (Å²) >= 11 is 0. The second-order valence-electron chi connectivity index (χ2n) is 7.20. The third-order valence-electron chi connectivity index (χ3n) is 5.13. The molecule has 24 heavy (non-hydrogen) atoms. The SMILES string of the molecule is CCO[Si](C)(C)CCCN(CC)CCC(=O)O[Si](CC)(CC)CC. The molecule has 0 amide bonds. The average molecular weight is 376 g/mol. The van der Waals surface area contributed by atoms with Crippen LogP contribution < -0.4 is 0 Å². The van der Waals surface area contributed by atoms with Gasteiger partial charge in [-0.1, -0.05) is 27.7 Å². The Bertz CT molecular complexity index is 339. The second-order valence-corrected chi connectivity index (χ2v) is 16.2. The first-order valence-corrected chi connectivity index (χ1v) is 15.5. The van der Waals surface area contributed by atoms with E-state index < -0.39 is 16.6 Å². The number of rotatable bonds is 14. The Labute approximate surface area is 152 Å². The van der Waals surface area contributed by atoms with Crippen molar-refractivity contribution < 1.29 is 13.6 Å². The quantitative estimate of drug-likeness (QED) is 0.406. The summed E-state index contributed by atoms with van der Waals surface area (Å²) in [7, 11) is -3.29. The van der Waals surface area contributed by atoms with Gasteiger partial charge in [0.15, 0.2) is 8.32 Å². The van der Waals surface area contributed by atoms with Crippen LogP contribution in [-0.4, -0.2) is 53.7 Å². The van der Waals surface area contributed by atoms with Gasteiger partial charge in [-0.3, -0.25) is 4.79 Å². The largest absolute Gasteiger partial charge is 0.519 e. The molecule has 0 N–H and O–H groups in total. The summed E-state index contributed by atoms with van der Waals surface area (Å²) in [6.07, 6.45) is 1.68. The maximum absolute atomic E-state index is 12.2. The first kappa shape index (κ1) is 23.8. The number of hydrogen-bond acceptors (Lipinski definition) is 4. The van der Waals surface area contributed by atoms with Crippen molar-refractivity contribution in [3.63, 3.8) is 0 Å². The van der Waals surface area contributed by atoms with E-state index in [9.17, 15) is 4.79 Å². The number of carbonyl (C=O) groups excluding carboxylic acids is 1. The molecule has 6 heteroatoms. The lowest BCUT2D eigenvalue weighted by Gasteiger charge is -2.28. The van der Waals surface area contributed by atoms with Gasteiger partial charge in [0.2, 0.25) is 0 Å². The molecular weight excluding hydrogens is 334 g/mol. The predicted octanol–water partition coefficient (Wildman–Crippen LogP) is 4.88. The van der Waals surface area contributed by atoms with Crippen molar-refractivity contribution in [3.8, 4) is 0 Å².